The second-order valence-corrected chi connectivity index (χ2v) is 4.67. The summed E-state index contributed by atoms with van der Waals surface area (Å²) in [4.78, 5) is 8.35. The lowest BCUT2D eigenvalue weighted by atomic mass is 9.91. The van der Waals surface area contributed by atoms with E-state index in [4.69, 9.17) is 5.41 Å². The van der Waals surface area contributed by atoms with Crippen LogP contribution in [0, 0.1) is 5.41 Å². The molecule has 0 saturated carbocycles. The van der Waals surface area contributed by atoms with Gasteiger partial charge in [0.1, 0.15) is 0 Å². The summed E-state index contributed by atoms with van der Waals surface area (Å²) >= 11 is 0. The molecule has 5 heteroatoms. The van der Waals surface area contributed by atoms with Gasteiger partial charge in [0.2, 0.25) is 0 Å². The molecule has 1 heterocycles. The van der Waals surface area contributed by atoms with Crippen LogP contribution < -0.4 is 10.9 Å². The minimum atomic E-state index is -0.123. The zero-order valence-corrected chi connectivity index (χ0v) is 11.4. The summed E-state index contributed by atoms with van der Waals surface area (Å²) in [6, 6.07) is -0.00479. The summed E-state index contributed by atoms with van der Waals surface area (Å²) in [5.74, 6) is 0. The predicted octanol–water partition coefficient (Wildman–Crippen LogP) is 1.53. The molecule has 1 rings (SSSR count). The molecule has 0 bridgehead atoms. The number of nitrogens with one attached hydrogen (secondary N) is 3. The van der Waals surface area contributed by atoms with Gasteiger partial charge in [-0.05, 0) is 44.3 Å². The Morgan fingerprint density at radius 1 is 1.42 bits per heavy atom. The van der Waals surface area contributed by atoms with Crippen LogP contribution in [0.25, 0.3) is 0 Å². The van der Waals surface area contributed by atoms with Crippen LogP contribution in [0.4, 0.5) is 0 Å². The van der Waals surface area contributed by atoms with Gasteiger partial charge < -0.3 is 5.41 Å². The molecule has 0 amide bonds. The van der Waals surface area contributed by atoms with Gasteiger partial charge >= 0.3 is 0 Å². The molecule has 104 valence electrons. The lowest BCUT2D eigenvalue weighted by molar-refractivity contribution is 0.284. The van der Waals surface area contributed by atoms with Crippen LogP contribution in [0.2, 0.25) is 0 Å². The Balaban J connectivity index is 2.71. The van der Waals surface area contributed by atoms with E-state index >= 15 is 0 Å². The number of hydrogen-bond donors (Lipinski definition) is 3. The monoisotopic (exact) mass is 261 g/mol. The Kier molecular flexibility index (Phi) is 6.32. The maximum absolute atomic E-state index is 7.70. The lowest BCUT2D eigenvalue weighted by Gasteiger charge is -2.32. The van der Waals surface area contributed by atoms with Gasteiger partial charge in [-0.25, -0.2) is 0 Å². The van der Waals surface area contributed by atoms with E-state index in [0.29, 0.717) is 17.7 Å². The number of aliphatic imine (C=N–C) groups is 2. The molecular weight excluding hydrogens is 238 g/mol. The van der Waals surface area contributed by atoms with Gasteiger partial charge in [0, 0.05) is 12.6 Å². The molecule has 1 saturated heterocycles. The second-order valence-electron chi connectivity index (χ2n) is 4.67. The van der Waals surface area contributed by atoms with Crippen LogP contribution in [0.3, 0.4) is 0 Å². The third kappa shape index (κ3) is 4.22. The quantitative estimate of drug-likeness (QED) is 0.580. The fourth-order valence-electron chi connectivity index (χ4n) is 2.26. The number of rotatable bonds is 8. The van der Waals surface area contributed by atoms with Crippen LogP contribution in [0.5, 0.6) is 0 Å². The highest BCUT2D eigenvalue weighted by Crippen LogP contribution is 2.20. The Labute approximate surface area is 115 Å². The Bertz CT molecular complexity index is 368. The van der Waals surface area contributed by atoms with E-state index in [1.807, 2.05) is 0 Å². The normalized spacial score (nSPS) is 22.0. The second kappa shape index (κ2) is 7.76. The average Bonchev–Trinajstić information content (AvgIpc) is 2.46. The maximum atomic E-state index is 7.70. The fraction of sp³-hybridized carbons (Fsp3) is 0.500. The lowest BCUT2D eigenvalue weighted by Crippen LogP contribution is -2.53. The minimum Gasteiger partial charge on any atom is -0.301 e. The van der Waals surface area contributed by atoms with Crippen molar-refractivity contribution in [2.24, 2.45) is 9.98 Å². The molecule has 1 aliphatic rings. The number of hydrazine groups is 1. The molecule has 0 radical (unpaired) electrons. The van der Waals surface area contributed by atoms with Gasteiger partial charge in [-0.3, -0.25) is 20.8 Å². The molecule has 0 spiro atoms. The highest BCUT2D eigenvalue weighted by molar-refractivity contribution is 6.05. The molecule has 3 atom stereocenters. The molecule has 0 aliphatic carbocycles. The largest absolute Gasteiger partial charge is 0.301 e. The van der Waals surface area contributed by atoms with E-state index < -0.39 is 0 Å². The summed E-state index contributed by atoms with van der Waals surface area (Å²) < 4.78 is 0. The highest BCUT2D eigenvalue weighted by atomic mass is 15.4. The highest BCUT2D eigenvalue weighted by Gasteiger charge is 2.29. The summed E-state index contributed by atoms with van der Waals surface area (Å²) in [6.45, 7) is 15.7. The first-order valence-electron chi connectivity index (χ1n) is 6.43. The van der Waals surface area contributed by atoms with Gasteiger partial charge in [0.05, 0.1) is 17.8 Å². The van der Waals surface area contributed by atoms with Crippen molar-refractivity contribution in [3.63, 3.8) is 0 Å². The van der Waals surface area contributed by atoms with Crippen LogP contribution >= 0.6 is 0 Å². The molecule has 1 aliphatic heterocycles. The van der Waals surface area contributed by atoms with Crippen LogP contribution in [-0.4, -0.2) is 43.8 Å². The molecule has 5 nitrogen and oxygen atoms in total. The Hall–Kier alpha value is -1.59. The van der Waals surface area contributed by atoms with Gasteiger partial charge in [-0.15, -0.1) is 0 Å². The first kappa shape index (κ1) is 15.5. The van der Waals surface area contributed by atoms with Crippen molar-refractivity contribution >= 4 is 19.1 Å². The van der Waals surface area contributed by atoms with Crippen molar-refractivity contribution in [1.82, 2.24) is 10.9 Å². The SMILES string of the molecule is C=CC(=N)C(=C)CC(N=C)[C@H](N=C)[C@H]1CCCNN1. The van der Waals surface area contributed by atoms with Gasteiger partial charge in [-0.2, -0.15) is 0 Å². The van der Waals surface area contributed by atoms with E-state index in [9.17, 15) is 0 Å². The van der Waals surface area contributed by atoms with Crippen molar-refractivity contribution in [1.29, 1.82) is 5.41 Å². The summed E-state index contributed by atoms with van der Waals surface area (Å²) in [7, 11) is 0. The summed E-state index contributed by atoms with van der Waals surface area (Å²) in [5, 5.41) is 7.70. The van der Waals surface area contributed by atoms with Crippen molar-refractivity contribution < 1.29 is 0 Å². The van der Waals surface area contributed by atoms with Crippen LogP contribution in [0.15, 0.2) is 34.8 Å². The molecule has 0 aromatic rings. The number of hydrogen-bond acceptors (Lipinski definition) is 5. The zero-order chi connectivity index (χ0) is 14.3. The van der Waals surface area contributed by atoms with Gasteiger partial charge in [0.15, 0.2) is 0 Å². The van der Waals surface area contributed by atoms with Gasteiger partial charge in [0.25, 0.3) is 0 Å². The molecule has 1 unspecified atom stereocenters. The molecule has 19 heavy (non-hydrogen) atoms. The van der Waals surface area contributed by atoms with Crippen molar-refractivity contribution in [3.05, 3.63) is 24.8 Å². The number of nitrogens with zero attached hydrogens (tertiary/aromatic N) is 2. The number of allylic oxidation sites excluding steroid dienone is 1. The van der Waals surface area contributed by atoms with Crippen molar-refractivity contribution in [3.8, 4) is 0 Å². The fourth-order valence-corrected chi connectivity index (χ4v) is 2.26. The smallest absolute Gasteiger partial charge is 0.0884 e. The first-order chi connectivity index (χ1) is 9.13. The zero-order valence-electron chi connectivity index (χ0n) is 11.4. The Morgan fingerprint density at radius 2 is 2.16 bits per heavy atom. The third-order valence-electron chi connectivity index (χ3n) is 3.40. The van der Waals surface area contributed by atoms with Gasteiger partial charge in [-0.1, -0.05) is 13.2 Å². The van der Waals surface area contributed by atoms with E-state index in [-0.39, 0.29) is 18.1 Å². The van der Waals surface area contributed by atoms with Crippen molar-refractivity contribution in [2.45, 2.75) is 37.4 Å². The topological polar surface area (TPSA) is 72.6 Å². The predicted molar refractivity (Wildman–Crippen MR) is 82.5 cm³/mol. The van der Waals surface area contributed by atoms with Crippen LogP contribution in [-0.2, 0) is 0 Å². The summed E-state index contributed by atoms with van der Waals surface area (Å²) in [6.07, 6.45) is 4.15. The van der Waals surface area contributed by atoms with Crippen LogP contribution in [0.1, 0.15) is 19.3 Å². The van der Waals surface area contributed by atoms with E-state index in [0.717, 1.165) is 19.4 Å². The molecule has 3 N–H and O–H groups in total. The van der Waals surface area contributed by atoms with E-state index in [2.05, 4.69) is 47.4 Å². The Morgan fingerprint density at radius 3 is 2.63 bits per heavy atom. The molecule has 0 aromatic carbocycles. The summed E-state index contributed by atoms with van der Waals surface area (Å²) in [5.41, 5.74) is 7.40. The maximum Gasteiger partial charge on any atom is 0.0884 e. The van der Waals surface area contributed by atoms with Crippen molar-refractivity contribution in [2.75, 3.05) is 6.54 Å². The minimum absolute atomic E-state index is 0.0698. The molecule has 0 aromatic heterocycles. The van der Waals surface area contributed by atoms with E-state index in [1.165, 1.54) is 6.08 Å². The van der Waals surface area contributed by atoms with E-state index in [1.54, 1.807) is 0 Å². The average molecular weight is 261 g/mol. The third-order valence-corrected chi connectivity index (χ3v) is 3.40. The molecule has 1 fully saturated rings. The standard InChI is InChI=1S/C14H23N5/c1-5-11(15)10(2)9-13(16-3)14(17-4)12-7-6-8-18-19-12/h5,12-15,18-19H,1-4,6-9H2/t12-,13?,14-/m1/s1. The molecular formula is C14H23N5. The first-order valence-corrected chi connectivity index (χ1v) is 6.43.